The van der Waals surface area contributed by atoms with E-state index in [-0.39, 0.29) is 18.2 Å². The molecule has 0 saturated heterocycles. The molecular formula is C14H26N2OS. The molecule has 4 heteroatoms. The first kappa shape index (κ1) is 15.6. The van der Waals surface area contributed by atoms with Crippen LogP contribution in [0.3, 0.4) is 0 Å². The highest BCUT2D eigenvalue weighted by atomic mass is 32.1. The summed E-state index contributed by atoms with van der Waals surface area (Å²) in [5.74, 6) is 0. The van der Waals surface area contributed by atoms with Crippen LogP contribution in [0.4, 0.5) is 0 Å². The van der Waals surface area contributed by atoms with E-state index in [1.807, 2.05) is 6.92 Å². The summed E-state index contributed by atoms with van der Waals surface area (Å²) in [7, 11) is 2.10. The van der Waals surface area contributed by atoms with Gasteiger partial charge < -0.3 is 10.8 Å². The summed E-state index contributed by atoms with van der Waals surface area (Å²) in [6.45, 7) is 6.97. The third-order valence-electron chi connectivity index (χ3n) is 3.42. The van der Waals surface area contributed by atoms with Gasteiger partial charge in [-0.3, -0.25) is 4.90 Å². The molecule has 0 bridgehead atoms. The lowest BCUT2D eigenvalue weighted by molar-refractivity contribution is 0.141. The van der Waals surface area contributed by atoms with E-state index in [0.717, 1.165) is 19.4 Å². The maximum absolute atomic E-state index is 9.41. The maximum Gasteiger partial charge on any atom is 0.0593 e. The lowest BCUT2D eigenvalue weighted by Gasteiger charge is -2.32. The Kier molecular flexibility index (Phi) is 6.29. The minimum atomic E-state index is -0.254. The number of aliphatic hydroxyl groups is 1. The van der Waals surface area contributed by atoms with Crippen LogP contribution in [0.5, 0.6) is 0 Å². The average Bonchev–Trinajstić information content (AvgIpc) is 2.73. The number of hydrogen-bond acceptors (Lipinski definition) is 4. The molecule has 0 saturated carbocycles. The Morgan fingerprint density at radius 3 is 2.61 bits per heavy atom. The summed E-state index contributed by atoms with van der Waals surface area (Å²) in [5, 5.41) is 11.5. The first-order valence-corrected chi connectivity index (χ1v) is 7.53. The predicted octanol–water partition coefficient (Wildman–Crippen LogP) is 2.54. The quantitative estimate of drug-likeness (QED) is 0.800. The van der Waals surface area contributed by atoms with Crippen molar-refractivity contribution < 1.29 is 5.11 Å². The SMILES string of the molecule is CCC(N)C(c1sccc1C)N(C)CCC(C)O. The van der Waals surface area contributed by atoms with Crippen molar-refractivity contribution in [1.29, 1.82) is 0 Å². The van der Waals surface area contributed by atoms with Gasteiger partial charge in [-0.1, -0.05) is 6.92 Å². The van der Waals surface area contributed by atoms with Crippen LogP contribution in [0.25, 0.3) is 0 Å². The second kappa shape index (κ2) is 7.24. The molecule has 0 aromatic carbocycles. The van der Waals surface area contributed by atoms with Crippen molar-refractivity contribution in [2.75, 3.05) is 13.6 Å². The molecule has 18 heavy (non-hydrogen) atoms. The van der Waals surface area contributed by atoms with Crippen molar-refractivity contribution in [2.24, 2.45) is 5.73 Å². The molecule has 1 aromatic rings. The number of aliphatic hydroxyl groups excluding tert-OH is 1. The van der Waals surface area contributed by atoms with Gasteiger partial charge in [0.2, 0.25) is 0 Å². The zero-order valence-electron chi connectivity index (χ0n) is 11.9. The van der Waals surface area contributed by atoms with Crippen molar-refractivity contribution in [3.8, 4) is 0 Å². The molecular weight excluding hydrogens is 244 g/mol. The first-order valence-electron chi connectivity index (χ1n) is 6.65. The van der Waals surface area contributed by atoms with E-state index < -0.39 is 0 Å². The molecule has 1 rings (SSSR count). The highest BCUT2D eigenvalue weighted by molar-refractivity contribution is 7.10. The van der Waals surface area contributed by atoms with Gasteiger partial charge in [-0.05, 0) is 50.7 Å². The normalized spacial score (nSPS) is 16.8. The summed E-state index contributed by atoms with van der Waals surface area (Å²) in [5.41, 5.74) is 7.60. The topological polar surface area (TPSA) is 49.5 Å². The van der Waals surface area contributed by atoms with E-state index in [0.29, 0.717) is 0 Å². The van der Waals surface area contributed by atoms with E-state index in [9.17, 15) is 5.11 Å². The molecule has 0 aliphatic carbocycles. The van der Waals surface area contributed by atoms with Gasteiger partial charge in [-0.15, -0.1) is 11.3 Å². The van der Waals surface area contributed by atoms with Crippen LogP contribution in [0, 0.1) is 6.92 Å². The summed E-state index contributed by atoms with van der Waals surface area (Å²) < 4.78 is 0. The van der Waals surface area contributed by atoms with Gasteiger partial charge >= 0.3 is 0 Å². The van der Waals surface area contributed by atoms with E-state index in [2.05, 4.69) is 37.2 Å². The van der Waals surface area contributed by atoms with Gasteiger partial charge in [0.15, 0.2) is 0 Å². The molecule has 0 spiro atoms. The lowest BCUT2D eigenvalue weighted by Crippen LogP contribution is -2.39. The fourth-order valence-corrected chi connectivity index (χ4v) is 3.33. The van der Waals surface area contributed by atoms with E-state index in [1.54, 1.807) is 11.3 Å². The van der Waals surface area contributed by atoms with Crippen molar-refractivity contribution >= 4 is 11.3 Å². The van der Waals surface area contributed by atoms with Crippen molar-refractivity contribution in [2.45, 2.75) is 51.8 Å². The smallest absolute Gasteiger partial charge is 0.0593 e. The Balaban J connectivity index is 2.82. The Bertz CT molecular complexity index is 351. The highest BCUT2D eigenvalue weighted by Crippen LogP contribution is 2.31. The summed E-state index contributed by atoms with van der Waals surface area (Å²) in [6.07, 6.45) is 1.49. The van der Waals surface area contributed by atoms with Crippen LogP contribution in [0.15, 0.2) is 11.4 Å². The Morgan fingerprint density at radius 2 is 2.17 bits per heavy atom. The predicted molar refractivity (Wildman–Crippen MR) is 79.0 cm³/mol. The van der Waals surface area contributed by atoms with E-state index >= 15 is 0 Å². The largest absolute Gasteiger partial charge is 0.393 e. The molecule has 0 aliphatic rings. The number of nitrogens with zero attached hydrogens (tertiary/aromatic N) is 1. The minimum Gasteiger partial charge on any atom is -0.393 e. The number of rotatable bonds is 7. The number of thiophene rings is 1. The fourth-order valence-electron chi connectivity index (χ4n) is 2.16. The number of aryl methyl sites for hydroxylation is 1. The van der Waals surface area contributed by atoms with Gasteiger partial charge in [-0.2, -0.15) is 0 Å². The minimum absolute atomic E-state index is 0.140. The molecule has 3 N–H and O–H groups in total. The lowest BCUT2D eigenvalue weighted by atomic mass is 10.0. The molecule has 3 nitrogen and oxygen atoms in total. The van der Waals surface area contributed by atoms with Gasteiger partial charge in [0.05, 0.1) is 12.1 Å². The summed E-state index contributed by atoms with van der Waals surface area (Å²) in [6, 6.07) is 2.55. The summed E-state index contributed by atoms with van der Waals surface area (Å²) in [4.78, 5) is 3.64. The molecule has 1 aromatic heterocycles. The van der Waals surface area contributed by atoms with Crippen LogP contribution in [-0.2, 0) is 0 Å². The van der Waals surface area contributed by atoms with E-state index in [1.165, 1.54) is 10.4 Å². The third kappa shape index (κ3) is 4.05. The number of hydrogen-bond donors (Lipinski definition) is 2. The van der Waals surface area contributed by atoms with Crippen molar-refractivity contribution in [1.82, 2.24) is 4.90 Å². The molecule has 0 amide bonds. The molecule has 0 fully saturated rings. The Labute approximate surface area is 115 Å². The van der Waals surface area contributed by atoms with E-state index in [4.69, 9.17) is 5.73 Å². The highest BCUT2D eigenvalue weighted by Gasteiger charge is 2.25. The monoisotopic (exact) mass is 270 g/mol. The maximum atomic E-state index is 9.41. The Hall–Kier alpha value is -0.420. The van der Waals surface area contributed by atoms with Gasteiger partial charge in [0.25, 0.3) is 0 Å². The standard InChI is InChI=1S/C14H26N2OS/c1-5-12(15)13(14-10(2)7-9-18-14)16(4)8-6-11(3)17/h7,9,11-13,17H,5-6,8,15H2,1-4H3. The average molecular weight is 270 g/mol. The first-order chi connectivity index (χ1) is 8.47. The van der Waals surface area contributed by atoms with Crippen LogP contribution in [-0.4, -0.2) is 35.7 Å². The van der Waals surface area contributed by atoms with Crippen LogP contribution in [0.2, 0.25) is 0 Å². The molecule has 3 unspecified atom stereocenters. The zero-order chi connectivity index (χ0) is 13.7. The third-order valence-corrected chi connectivity index (χ3v) is 4.51. The zero-order valence-corrected chi connectivity index (χ0v) is 12.7. The van der Waals surface area contributed by atoms with Crippen molar-refractivity contribution in [3.05, 3.63) is 21.9 Å². The Morgan fingerprint density at radius 1 is 1.50 bits per heavy atom. The number of likely N-dealkylation sites (N-methyl/N-ethyl adjacent to an activating group) is 1. The summed E-state index contributed by atoms with van der Waals surface area (Å²) >= 11 is 1.78. The molecule has 3 atom stereocenters. The van der Waals surface area contributed by atoms with Crippen LogP contribution in [0.1, 0.15) is 43.2 Å². The molecule has 1 heterocycles. The molecule has 0 aliphatic heterocycles. The second-order valence-electron chi connectivity index (χ2n) is 5.10. The van der Waals surface area contributed by atoms with Gasteiger partial charge in [0.1, 0.15) is 0 Å². The van der Waals surface area contributed by atoms with Crippen LogP contribution >= 0.6 is 11.3 Å². The molecule has 104 valence electrons. The molecule has 0 radical (unpaired) electrons. The van der Waals surface area contributed by atoms with Crippen LogP contribution < -0.4 is 5.73 Å². The number of nitrogens with two attached hydrogens (primary N) is 1. The second-order valence-corrected chi connectivity index (χ2v) is 6.05. The van der Waals surface area contributed by atoms with Gasteiger partial charge in [-0.25, -0.2) is 0 Å². The van der Waals surface area contributed by atoms with Crippen molar-refractivity contribution in [3.63, 3.8) is 0 Å². The fraction of sp³-hybridized carbons (Fsp3) is 0.714. The van der Waals surface area contributed by atoms with Gasteiger partial charge in [0, 0.05) is 17.5 Å².